The SMILES string of the molecule is CC(C)CCC[C@@H](C)[C@@H]1CC[C@@H]2[C@H]3CCC(=O)[C@](C)(CCC(=O)O)[C@H]3CC[C@@]21C. The van der Waals surface area contributed by atoms with Crippen LogP contribution < -0.4 is 0 Å². The first-order chi connectivity index (χ1) is 13.6. The molecule has 166 valence electrons. The lowest BCUT2D eigenvalue weighted by molar-refractivity contribution is -0.148. The number of hydrogen-bond acceptors (Lipinski definition) is 2. The van der Waals surface area contributed by atoms with Crippen LogP contribution in [0.25, 0.3) is 0 Å². The lowest BCUT2D eigenvalue weighted by Gasteiger charge is -2.56. The molecule has 0 amide bonds. The van der Waals surface area contributed by atoms with E-state index in [0.29, 0.717) is 35.9 Å². The zero-order valence-corrected chi connectivity index (χ0v) is 19.5. The molecule has 0 aliphatic heterocycles. The minimum absolute atomic E-state index is 0.128. The Hall–Kier alpha value is -0.860. The van der Waals surface area contributed by atoms with Crippen molar-refractivity contribution >= 4 is 11.8 Å². The average Bonchev–Trinajstić information content (AvgIpc) is 3.00. The number of ketones is 1. The molecular formula is C26H44O3. The van der Waals surface area contributed by atoms with Crippen molar-refractivity contribution in [3.05, 3.63) is 0 Å². The fraction of sp³-hybridized carbons (Fsp3) is 0.923. The van der Waals surface area contributed by atoms with E-state index in [9.17, 15) is 14.7 Å². The zero-order valence-electron chi connectivity index (χ0n) is 19.5. The zero-order chi connectivity index (χ0) is 21.4. The van der Waals surface area contributed by atoms with Crippen molar-refractivity contribution in [3.63, 3.8) is 0 Å². The number of carboxylic acid groups (broad SMARTS) is 1. The molecule has 3 nitrogen and oxygen atoms in total. The molecule has 0 aromatic rings. The number of hydrogen-bond donors (Lipinski definition) is 1. The number of aliphatic carboxylic acids is 1. The number of carbonyl (C=O) groups is 2. The molecule has 3 saturated carbocycles. The third-order valence-corrected chi connectivity index (χ3v) is 9.66. The molecule has 3 aliphatic carbocycles. The monoisotopic (exact) mass is 404 g/mol. The predicted octanol–water partition coefficient (Wildman–Crippen LogP) is 6.74. The first-order valence-electron chi connectivity index (χ1n) is 12.3. The smallest absolute Gasteiger partial charge is 0.303 e. The molecule has 0 bridgehead atoms. The standard InChI is InChI=1S/C26H44O3/c1-17(2)7-6-8-18(3)20-10-11-21-19-9-12-23(27)26(5,16-14-24(28)29)22(19)13-15-25(20,21)4/h17-22H,6-16H2,1-5H3,(H,28,29)/t18-,19-,20+,21-,22+,25-,26-/m1/s1. The Morgan fingerprint density at radius 2 is 1.79 bits per heavy atom. The molecule has 0 spiro atoms. The van der Waals surface area contributed by atoms with Crippen molar-refractivity contribution in [2.75, 3.05) is 0 Å². The number of carbonyl (C=O) groups excluding carboxylic acids is 1. The van der Waals surface area contributed by atoms with Gasteiger partial charge in [0.15, 0.2) is 0 Å². The van der Waals surface area contributed by atoms with Gasteiger partial charge in [-0.05, 0) is 79.4 Å². The molecule has 1 N–H and O–H groups in total. The molecule has 0 aromatic carbocycles. The van der Waals surface area contributed by atoms with Crippen LogP contribution in [0.2, 0.25) is 0 Å². The second-order valence-electron chi connectivity index (χ2n) is 11.7. The Labute approximate surface area is 178 Å². The molecule has 0 heterocycles. The van der Waals surface area contributed by atoms with E-state index >= 15 is 0 Å². The molecule has 3 heteroatoms. The summed E-state index contributed by atoms with van der Waals surface area (Å²) < 4.78 is 0. The molecule has 7 atom stereocenters. The van der Waals surface area contributed by atoms with Gasteiger partial charge < -0.3 is 5.11 Å². The van der Waals surface area contributed by atoms with Crippen molar-refractivity contribution in [2.45, 2.75) is 105 Å². The molecule has 3 fully saturated rings. The summed E-state index contributed by atoms with van der Waals surface area (Å²) in [6.45, 7) is 11.8. The van der Waals surface area contributed by atoms with Crippen molar-refractivity contribution in [2.24, 2.45) is 46.3 Å². The van der Waals surface area contributed by atoms with Crippen molar-refractivity contribution in [1.29, 1.82) is 0 Å². The van der Waals surface area contributed by atoms with Gasteiger partial charge in [0.1, 0.15) is 5.78 Å². The second-order valence-corrected chi connectivity index (χ2v) is 11.7. The Kier molecular flexibility index (Phi) is 6.85. The third-order valence-electron chi connectivity index (χ3n) is 9.66. The van der Waals surface area contributed by atoms with Crippen LogP contribution in [0.5, 0.6) is 0 Å². The fourth-order valence-electron chi connectivity index (χ4n) is 7.99. The molecule has 0 saturated heterocycles. The number of Topliss-reactive ketones (excluding diaryl/α,β-unsaturated/α-hetero) is 1. The van der Waals surface area contributed by atoms with Crippen LogP contribution in [0.1, 0.15) is 105 Å². The highest BCUT2D eigenvalue weighted by molar-refractivity contribution is 5.86. The van der Waals surface area contributed by atoms with Gasteiger partial charge in [0.25, 0.3) is 0 Å². The highest BCUT2D eigenvalue weighted by Crippen LogP contribution is 2.65. The van der Waals surface area contributed by atoms with Crippen LogP contribution >= 0.6 is 0 Å². The maximum Gasteiger partial charge on any atom is 0.303 e. The van der Waals surface area contributed by atoms with Gasteiger partial charge in [-0.2, -0.15) is 0 Å². The van der Waals surface area contributed by atoms with Gasteiger partial charge in [0.2, 0.25) is 0 Å². The number of rotatable bonds is 8. The highest BCUT2D eigenvalue weighted by atomic mass is 16.4. The lowest BCUT2D eigenvalue weighted by Crippen LogP contribution is -2.52. The average molecular weight is 405 g/mol. The molecule has 0 unspecified atom stereocenters. The summed E-state index contributed by atoms with van der Waals surface area (Å²) in [5.41, 5.74) is 0.0100. The third kappa shape index (κ3) is 4.30. The Morgan fingerprint density at radius 1 is 1.07 bits per heavy atom. The summed E-state index contributed by atoms with van der Waals surface area (Å²) in [5.74, 6) is 3.74. The summed E-state index contributed by atoms with van der Waals surface area (Å²) in [4.78, 5) is 24.1. The molecule has 0 aromatic heterocycles. The van der Waals surface area contributed by atoms with E-state index in [1.807, 2.05) is 0 Å². The highest BCUT2D eigenvalue weighted by Gasteiger charge is 2.59. The van der Waals surface area contributed by atoms with Gasteiger partial charge in [-0.15, -0.1) is 0 Å². The number of carboxylic acids is 1. The van der Waals surface area contributed by atoms with Crippen LogP contribution in [0.3, 0.4) is 0 Å². The molecule has 3 rings (SSSR count). The quantitative estimate of drug-likeness (QED) is 0.487. The van der Waals surface area contributed by atoms with Crippen LogP contribution in [0, 0.1) is 46.3 Å². The van der Waals surface area contributed by atoms with Crippen molar-refractivity contribution < 1.29 is 14.7 Å². The maximum atomic E-state index is 12.9. The minimum Gasteiger partial charge on any atom is -0.481 e. The van der Waals surface area contributed by atoms with Gasteiger partial charge in [-0.25, -0.2) is 0 Å². The summed E-state index contributed by atoms with van der Waals surface area (Å²) in [5, 5.41) is 9.22. The van der Waals surface area contributed by atoms with Crippen LogP contribution in [-0.2, 0) is 9.59 Å². The molecule has 0 radical (unpaired) electrons. The largest absolute Gasteiger partial charge is 0.481 e. The van der Waals surface area contributed by atoms with E-state index in [1.165, 1.54) is 38.5 Å². The first-order valence-corrected chi connectivity index (χ1v) is 12.3. The van der Waals surface area contributed by atoms with Crippen molar-refractivity contribution in [1.82, 2.24) is 0 Å². The molecule has 29 heavy (non-hydrogen) atoms. The van der Waals surface area contributed by atoms with Crippen LogP contribution in [0.15, 0.2) is 0 Å². The normalized spacial score (nSPS) is 40.6. The fourth-order valence-corrected chi connectivity index (χ4v) is 7.99. The summed E-state index contributed by atoms with van der Waals surface area (Å²) in [6, 6.07) is 0. The Balaban J connectivity index is 1.73. The van der Waals surface area contributed by atoms with E-state index in [-0.39, 0.29) is 6.42 Å². The second kappa shape index (κ2) is 8.71. The van der Waals surface area contributed by atoms with Gasteiger partial charge in [0, 0.05) is 18.3 Å². The number of fused-ring (bicyclic) bond motifs is 3. The maximum absolute atomic E-state index is 12.9. The topological polar surface area (TPSA) is 54.4 Å². The minimum atomic E-state index is -0.766. The van der Waals surface area contributed by atoms with Gasteiger partial charge in [-0.3, -0.25) is 9.59 Å². The summed E-state index contributed by atoms with van der Waals surface area (Å²) in [7, 11) is 0. The van der Waals surface area contributed by atoms with Crippen LogP contribution in [0.4, 0.5) is 0 Å². The predicted molar refractivity (Wildman–Crippen MR) is 118 cm³/mol. The van der Waals surface area contributed by atoms with Crippen molar-refractivity contribution in [3.8, 4) is 0 Å². The van der Waals surface area contributed by atoms with E-state index in [0.717, 1.165) is 36.5 Å². The van der Waals surface area contributed by atoms with Crippen LogP contribution in [-0.4, -0.2) is 16.9 Å². The summed E-state index contributed by atoms with van der Waals surface area (Å²) >= 11 is 0. The Morgan fingerprint density at radius 3 is 2.45 bits per heavy atom. The van der Waals surface area contributed by atoms with Gasteiger partial charge >= 0.3 is 5.97 Å². The molecular weight excluding hydrogens is 360 g/mol. The first kappa shape index (κ1) is 22.8. The van der Waals surface area contributed by atoms with E-state index in [4.69, 9.17) is 0 Å². The van der Waals surface area contributed by atoms with E-state index in [1.54, 1.807) is 0 Å². The lowest BCUT2D eigenvalue weighted by atomic mass is 9.48. The van der Waals surface area contributed by atoms with E-state index in [2.05, 4.69) is 34.6 Å². The van der Waals surface area contributed by atoms with E-state index < -0.39 is 11.4 Å². The summed E-state index contributed by atoms with van der Waals surface area (Å²) in [6.07, 6.45) is 11.4. The Bertz CT molecular complexity index is 611. The van der Waals surface area contributed by atoms with Gasteiger partial charge in [-0.1, -0.05) is 53.9 Å². The molecule has 3 aliphatic rings. The van der Waals surface area contributed by atoms with Gasteiger partial charge in [0.05, 0.1) is 0 Å².